The van der Waals surface area contributed by atoms with E-state index in [2.05, 4.69) is 21.8 Å². The molecular formula is C26H33N3O4. The van der Waals surface area contributed by atoms with Gasteiger partial charge in [0.1, 0.15) is 6.10 Å². The summed E-state index contributed by atoms with van der Waals surface area (Å²) in [6.07, 6.45) is 0.336. The number of benzene rings is 1. The van der Waals surface area contributed by atoms with Crippen LogP contribution in [0.4, 0.5) is 5.69 Å². The summed E-state index contributed by atoms with van der Waals surface area (Å²) < 4.78 is 0. The first kappa shape index (κ1) is 24.6. The van der Waals surface area contributed by atoms with Crippen LogP contribution < -0.4 is 4.90 Å². The quantitative estimate of drug-likeness (QED) is 0.490. The van der Waals surface area contributed by atoms with Crippen molar-refractivity contribution in [1.82, 2.24) is 9.88 Å². The number of pyridine rings is 1. The largest absolute Gasteiger partial charge is 0.478 e. The van der Waals surface area contributed by atoms with Crippen LogP contribution in [0.15, 0.2) is 48.0 Å². The summed E-state index contributed by atoms with van der Waals surface area (Å²) >= 11 is 0. The van der Waals surface area contributed by atoms with E-state index in [0.717, 1.165) is 31.9 Å². The molecule has 7 heteroatoms. The van der Waals surface area contributed by atoms with Crippen LogP contribution in [0.3, 0.4) is 0 Å². The Morgan fingerprint density at radius 2 is 1.70 bits per heavy atom. The highest BCUT2D eigenvalue weighted by Crippen LogP contribution is 2.28. The number of aromatic nitrogens is 1. The highest BCUT2D eigenvalue weighted by molar-refractivity contribution is 5.96. The molecule has 33 heavy (non-hydrogen) atoms. The Bertz CT molecular complexity index is 1020. The predicted octanol–water partition coefficient (Wildman–Crippen LogP) is 3.65. The average Bonchev–Trinajstić information content (AvgIpc) is 2.77. The van der Waals surface area contributed by atoms with Gasteiger partial charge >= 0.3 is 5.97 Å². The van der Waals surface area contributed by atoms with E-state index in [-0.39, 0.29) is 17.8 Å². The van der Waals surface area contributed by atoms with E-state index in [9.17, 15) is 19.8 Å². The van der Waals surface area contributed by atoms with Gasteiger partial charge in [-0.1, -0.05) is 26.8 Å². The van der Waals surface area contributed by atoms with Crippen LogP contribution in [0, 0.1) is 5.41 Å². The average molecular weight is 452 g/mol. The van der Waals surface area contributed by atoms with E-state index < -0.39 is 17.5 Å². The maximum Gasteiger partial charge on any atom is 0.332 e. The predicted molar refractivity (Wildman–Crippen MR) is 129 cm³/mol. The van der Waals surface area contributed by atoms with Gasteiger partial charge in [-0.2, -0.15) is 0 Å². The van der Waals surface area contributed by atoms with E-state index in [1.54, 1.807) is 30.3 Å². The maximum absolute atomic E-state index is 12.7. The van der Waals surface area contributed by atoms with Crippen molar-refractivity contribution in [2.75, 3.05) is 38.1 Å². The fourth-order valence-corrected chi connectivity index (χ4v) is 3.80. The molecule has 0 amide bonds. The van der Waals surface area contributed by atoms with Gasteiger partial charge in [-0.15, -0.1) is 0 Å². The summed E-state index contributed by atoms with van der Waals surface area (Å²) in [7, 11) is 2.11. The van der Waals surface area contributed by atoms with Gasteiger partial charge < -0.3 is 20.0 Å². The van der Waals surface area contributed by atoms with E-state index in [0.29, 0.717) is 17.0 Å². The number of carbonyl (C=O) groups is 2. The number of likely N-dealkylation sites (N-methyl/N-ethyl adjacent to an activating group) is 1. The van der Waals surface area contributed by atoms with Gasteiger partial charge in [-0.25, -0.2) is 4.79 Å². The second kappa shape index (κ2) is 10.3. The molecule has 1 unspecified atom stereocenters. The summed E-state index contributed by atoms with van der Waals surface area (Å²) in [6.45, 7) is 9.39. The molecule has 0 spiro atoms. The van der Waals surface area contributed by atoms with Crippen molar-refractivity contribution < 1.29 is 19.8 Å². The van der Waals surface area contributed by atoms with Crippen molar-refractivity contribution in [3.8, 4) is 0 Å². The molecule has 0 aliphatic carbocycles. The molecule has 0 bridgehead atoms. The molecule has 1 aliphatic heterocycles. The van der Waals surface area contributed by atoms with Crippen LogP contribution in [0.1, 0.15) is 55.0 Å². The smallest absolute Gasteiger partial charge is 0.332 e. The summed E-state index contributed by atoms with van der Waals surface area (Å²) in [5.74, 6) is -1.18. The molecule has 3 rings (SSSR count). The lowest BCUT2D eigenvalue weighted by molar-refractivity contribution is -0.133. The maximum atomic E-state index is 12.7. The number of hydrogen-bond donors (Lipinski definition) is 2. The number of aliphatic hydroxyl groups excluding tert-OH is 1. The number of ketones is 1. The topological polar surface area (TPSA) is 94.0 Å². The zero-order chi connectivity index (χ0) is 24.2. The highest BCUT2D eigenvalue weighted by atomic mass is 16.4. The second-order valence-corrected chi connectivity index (χ2v) is 9.58. The third kappa shape index (κ3) is 6.49. The number of nitrogens with zero attached hydrogens (tertiary/aromatic N) is 3. The normalized spacial score (nSPS) is 16.5. The Hall–Kier alpha value is -3.03. The molecule has 1 fully saturated rings. The Morgan fingerprint density at radius 1 is 1.06 bits per heavy atom. The number of aliphatic carboxylic acids is 1. The minimum atomic E-state index is -1.08. The standard InChI is InChI=1S/C26H33N3O4/c1-26(2,3)21(25(32)33)16-19-6-5-7-22(27-19)24(31)17-23(30)18-8-10-20(11-9-18)29-14-12-28(4)13-15-29/h5-11,16,24,31H,12-15,17H2,1-4H3,(H,32,33). The molecule has 2 heterocycles. The van der Waals surface area contributed by atoms with E-state index in [1.165, 1.54) is 6.08 Å². The Labute approximate surface area is 195 Å². The lowest BCUT2D eigenvalue weighted by Gasteiger charge is -2.34. The number of rotatable bonds is 7. The van der Waals surface area contributed by atoms with E-state index in [1.807, 2.05) is 32.9 Å². The number of piperazine rings is 1. The zero-order valence-corrected chi connectivity index (χ0v) is 19.8. The number of carboxylic acids is 1. The number of Topliss-reactive ketones (excluding diaryl/α,β-unsaturated/α-hetero) is 1. The summed E-state index contributed by atoms with van der Waals surface area (Å²) in [4.78, 5) is 33.3. The Balaban J connectivity index is 1.69. The lowest BCUT2D eigenvalue weighted by Crippen LogP contribution is -2.44. The minimum absolute atomic E-state index is 0.0981. The molecule has 7 nitrogen and oxygen atoms in total. The molecule has 0 radical (unpaired) electrons. The summed E-state index contributed by atoms with van der Waals surface area (Å²) in [5, 5.41) is 20.1. The van der Waals surface area contributed by atoms with Crippen molar-refractivity contribution in [3.63, 3.8) is 0 Å². The first-order valence-corrected chi connectivity index (χ1v) is 11.2. The molecule has 1 aromatic carbocycles. The molecule has 0 saturated carbocycles. The van der Waals surface area contributed by atoms with Crippen molar-refractivity contribution in [1.29, 1.82) is 0 Å². The number of anilines is 1. The van der Waals surface area contributed by atoms with Gasteiger partial charge in [0.15, 0.2) is 5.78 Å². The van der Waals surface area contributed by atoms with Crippen LogP contribution in [0.5, 0.6) is 0 Å². The number of hydrogen-bond acceptors (Lipinski definition) is 6. The SMILES string of the molecule is CN1CCN(c2ccc(C(=O)CC(O)c3cccc(C=C(C(=O)O)C(C)(C)C)n3)cc2)CC1. The fraction of sp³-hybridized carbons (Fsp3) is 0.423. The molecule has 2 aromatic rings. The third-order valence-electron chi connectivity index (χ3n) is 5.90. The zero-order valence-electron chi connectivity index (χ0n) is 19.8. The second-order valence-electron chi connectivity index (χ2n) is 9.58. The summed E-state index contributed by atoms with van der Waals surface area (Å²) in [5.41, 5.74) is 2.07. The van der Waals surface area contributed by atoms with Crippen LogP contribution in [0.2, 0.25) is 0 Å². The van der Waals surface area contributed by atoms with E-state index >= 15 is 0 Å². The van der Waals surface area contributed by atoms with Crippen LogP contribution >= 0.6 is 0 Å². The Kier molecular flexibility index (Phi) is 7.66. The minimum Gasteiger partial charge on any atom is -0.478 e. The van der Waals surface area contributed by atoms with Gasteiger partial charge in [0, 0.05) is 49.4 Å². The van der Waals surface area contributed by atoms with Crippen molar-refractivity contribution in [3.05, 3.63) is 65.0 Å². The molecule has 2 N–H and O–H groups in total. The monoisotopic (exact) mass is 451 g/mol. The first-order valence-electron chi connectivity index (χ1n) is 11.2. The number of carboxylic acid groups (broad SMARTS) is 1. The number of aliphatic hydroxyl groups is 1. The van der Waals surface area contributed by atoms with Gasteiger partial charge in [-0.3, -0.25) is 9.78 Å². The molecule has 1 atom stereocenters. The number of carbonyl (C=O) groups excluding carboxylic acids is 1. The Morgan fingerprint density at radius 3 is 2.27 bits per heavy atom. The highest BCUT2D eigenvalue weighted by Gasteiger charge is 2.24. The van der Waals surface area contributed by atoms with E-state index in [4.69, 9.17) is 0 Å². The van der Waals surface area contributed by atoms with Crippen LogP contribution in [-0.4, -0.2) is 65.1 Å². The first-order chi connectivity index (χ1) is 15.5. The third-order valence-corrected chi connectivity index (χ3v) is 5.90. The fourth-order valence-electron chi connectivity index (χ4n) is 3.80. The molecule has 1 aliphatic rings. The van der Waals surface area contributed by atoms with Gasteiger partial charge in [0.25, 0.3) is 0 Å². The molecular weight excluding hydrogens is 418 g/mol. The van der Waals surface area contributed by atoms with Gasteiger partial charge in [0.2, 0.25) is 0 Å². The summed E-state index contributed by atoms with van der Waals surface area (Å²) in [6, 6.07) is 12.5. The lowest BCUT2D eigenvalue weighted by atomic mass is 9.86. The molecule has 1 aromatic heterocycles. The van der Waals surface area contributed by atoms with Gasteiger partial charge in [-0.05, 0) is 54.9 Å². The van der Waals surface area contributed by atoms with Crippen molar-refractivity contribution in [2.45, 2.75) is 33.3 Å². The van der Waals surface area contributed by atoms with Crippen LogP contribution in [-0.2, 0) is 4.79 Å². The van der Waals surface area contributed by atoms with Crippen molar-refractivity contribution in [2.24, 2.45) is 5.41 Å². The molecule has 1 saturated heterocycles. The van der Waals surface area contributed by atoms with Crippen LogP contribution in [0.25, 0.3) is 6.08 Å². The van der Waals surface area contributed by atoms with Crippen molar-refractivity contribution >= 4 is 23.5 Å². The molecule has 176 valence electrons. The van der Waals surface area contributed by atoms with Gasteiger partial charge in [0.05, 0.1) is 11.4 Å².